The number of hydrogen-bond acceptors (Lipinski definition) is 2. The van der Waals surface area contributed by atoms with Gasteiger partial charge in [0.1, 0.15) is 5.82 Å². The van der Waals surface area contributed by atoms with Gasteiger partial charge in [-0.1, -0.05) is 20.8 Å². The summed E-state index contributed by atoms with van der Waals surface area (Å²) in [6, 6.07) is 0. The van der Waals surface area contributed by atoms with Crippen LogP contribution in [-0.4, -0.2) is 27.5 Å². The average Bonchev–Trinajstić information content (AvgIpc) is 2.64. The molecular weight excluding hydrogens is 210 g/mol. The summed E-state index contributed by atoms with van der Waals surface area (Å²) in [5.74, 6) is 2.00. The Labute approximate surface area is 105 Å². The second kappa shape index (κ2) is 4.81. The van der Waals surface area contributed by atoms with E-state index < -0.39 is 0 Å². The molecule has 0 N–H and O–H groups in total. The van der Waals surface area contributed by atoms with Crippen LogP contribution in [0.4, 0.5) is 0 Å². The number of nitrogens with zero attached hydrogens (tertiary/aromatic N) is 3. The highest BCUT2D eigenvalue weighted by molar-refractivity contribution is 4.92. The summed E-state index contributed by atoms with van der Waals surface area (Å²) >= 11 is 0. The largest absolute Gasteiger partial charge is 0.337 e. The van der Waals surface area contributed by atoms with Crippen LogP contribution in [0.15, 0.2) is 12.4 Å². The van der Waals surface area contributed by atoms with Gasteiger partial charge in [0.05, 0.1) is 6.54 Å². The zero-order valence-corrected chi connectivity index (χ0v) is 11.6. The van der Waals surface area contributed by atoms with Gasteiger partial charge < -0.3 is 4.57 Å². The first-order valence-corrected chi connectivity index (χ1v) is 6.65. The molecule has 17 heavy (non-hydrogen) atoms. The Kier molecular flexibility index (Phi) is 3.57. The van der Waals surface area contributed by atoms with Crippen LogP contribution in [-0.2, 0) is 13.6 Å². The number of aryl methyl sites for hydroxylation is 1. The molecule has 0 spiro atoms. The third-order valence-electron chi connectivity index (χ3n) is 4.02. The molecule has 1 atom stereocenters. The van der Waals surface area contributed by atoms with Crippen LogP contribution in [0.5, 0.6) is 0 Å². The second-order valence-electron chi connectivity index (χ2n) is 6.39. The van der Waals surface area contributed by atoms with Crippen LogP contribution in [0.3, 0.4) is 0 Å². The van der Waals surface area contributed by atoms with Gasteiger partial charge in [0, 0.05) is 26.0 Å². The normalized spacial score (nSPS) is 22.9. The standard InChI is InChI=1S/C14H25N3/c1-14(2,3)12-6-5-8-17(10-12)11-13-15-7-9-16(13)4/h7,9,12H,5-6,8,10-11H2,1-4H3. The van der Waals surface area contributed by atoms with Gasteiger partial charge in [0.15, 0.2) is 0 Å². The Morgan fingerprint density at radius 1 is 1.41 bits per heavy atom. The van der Waals surface area contributed by atoms with E-state index in [1.54, 1.807) is 0 Å². The van der Waals surface area contributed by atoms with Crippen molar-refractivity contribution in [2.24, 2.45) is 18.4 Å². The first kappa shape index (κ1) is 12.6. The SMILES string of the molecule is Cn1ccnc1CN1CCCC(C(C)(C)C)C1. The third kappa shape index (κ3) is 3.09. The molecule has 0 bridgehead atoms. The second-order valence-corrected chi connectivity index (χ2v) is 6.39. The number of piperidine rings is 1. The molecule has 0 aliphatic carbocycles. The molecule has 1 aromatic rings. The lowest BCUT2D eigenvalue weighted by Gasteiger charge is -2.39. The number of hydrogen-bond donors (Lipinski definition) is 0. The highest BCUT2D eigenvalue weighted by atomic mass is 15.2. The van der Waals surface area contributed by atoms with E-state index >= 15 is 0 Å². The minimum Gasteiger partial charge on any atom is -0.337 e. The van der Waals surface area contributed by atoms with E-state index in [0.29, 0.717) is 5.41 Å². The highest BCUT2D eigenvalue weighted by Gasteiger charge is 2.29. The summed E-state index contributed by atoms with van der Waals surface area (Å²) in [6.07, 6.45) is 6.62. The topological polar surface area (TPSA) is 21.1 Å². The molecule has 3 nitrogen and oxygen atoms in total. The number of aromatic nitrogens is 2. The maximum Gasteiger partial charge on any atom is 0.122 e. The van der Waals surface area contributed by atoms with Crippen molar-refractivity contribution in [1.29, 1.82) is 0 Å². The molecule has 96 valence electrons. The van der Waals surface area contributed by atoms with Crippen molar-refractivity contribution in [2.75, 3.05) is 13.1 Å². The first-order chi connectivity index (χ1) is 7.97. The monoisotopic (exact) mass is 235 g/mol. The lowest BCUT2D eigenvalue weighted by molar-refractivity contribution is 0.0919. The summed E-state index contributed by atoms with van der Waals surface area (Å²) < 4.78 is 2.13. The van der Waals surface area contributed by atoms with E-state index in [9.17, 15) is 0 Å². The molecule has 0 saturated carbocycles. The molecule has 1 aliphatic rings. The van der Waals surface area contributed by atoms with Crippen molar-refractivity contribution < 1.29 is 0 Å². The van der Waals surface area contributed by atoms with Crippen molar-refractivity contribution in [1.82, 2.24) is 14.5 Å². The van der Waals surface area contributed by atoms with Crippen LogP contribution in [0.1, 0.15) is 39.4 Å². The predicted molar refractivity (Wildman–Crippen MR) is 70.7 cm³/mol. The molecule has 2 heterocycles. The maximum atomic E-state index is 4.42. The number of imidazole rings is 1. The fourth-order valence-electron chi connectivity index (χ4n) is 2.65. The van der Waals surface area contributed by atoms with E-state index in [2.05, 4.69) is 42.3 Å². The quantitative estimate of drug-likeness (QED) is 0.786. The van der Waals surface area contributed by atoms with E-state index in [4.69, 9.17) is 0 Å². The number of likely N-dealkylation sites (tertiary alicyclic amines) is 1. The van der Waals surface area contributed by atoms with Gasteiger partial charge in [-0.05, 0) is 30.7 Å². The molecule has 0 aromatic carbocycles. The maximum absolute atomic E-state index is 4.42. The smallest absolute Gasteiger partial charge is 0.122 e. The van der Waals surface area contributed by atoms with Crippen LogP contribution >= 0.6 is 0 Å². The van der Waals surface area contributed by atoms with Crippen LogP contribution in [0.25, 0.3) is 0 Å². The summed E-state index contributed by atoms with van der Waals surface area (Å²) in [5, 5.41) is 0. The summed E-state index contributed by atoms with van der Waals surface area (Å²) in [6.45, 7) is 10.5. The van der Waals surface area contributed by atoms with E-state index in [1.165, 1.54) is 31.8 Å². The molecule has 1 fully saturated rings. The molecule has 2 rings (SSSR count). The molecule has 0 radical (unpaired) electrons. The van der Waals surface area contributed by atoms with Gasteiger partial charge in [-0.2, -0.15) is 0 Å². The lowest BCUT2D eigenvalue weighted by atomic mass is 9.76. The van der Waals surface area contributed by atoms with Crippen molar-refractivity contribution in [3.8, 4) is 0 Å². The van der Waals surface area contributed by atoms with Gasteiger partial charge in [-0.3, -0.25) is 4.90 Å². The van der Waals surface area contributed by atoms with Crippen molar-refractivity contribution >= 4 is 0 Å². The Balaban J connectivity index is 1.96. The molecule has 1 aliphatic heterocycles. The first-order valence-electron chi connectivity index (χ1n) is 6.65. The molecule has 0 amide bonds. The predicted octanol–water partition coefficient (Wildman–Crippen LogP) is 2.68. The minimum absolute atomic E-state index is 0.431. The lowest BCUT2D eigenvalue weighted by Crippen LogP contribution is -2.40. The Hall–Kier alpha value is -0.830. The van der Waals surface area contributed by atoms with Gasteiger partial charge in [0.2, 0.25) is 0 Å². The van der Waals surface area contributed by atoms with E-state index in [1.807, 2.05) is 12.4 Å². The van der Waals surface area contributed by atoms with Gasteiger partial charge in [-0.15, -0.1) is 0 Å². The fourth-order valence-corrected chi connectivity index (χ4v) is 2.65. The third-order valence-corrected chi connectivity index (χ3v) is 4.02. The highest BCUT2D eigenvalue weighted by Crippen LogP contribution is 2.33. The molecule has 1 saturated heterocycles. The van der Waals surface area contributed by atoms with Crippen LogP contribution < -0.4 is 0 Å². The molecule has 3 heteroatoms. The molecule has 1 aromatic heterocycles. The summed E-state index contributed by atoms with van der Waals surface area (Å²) in [5.41, 5.74) is 0.431. The van der Waals surface area contributed by atoms with Crippen molar-refractivity contribution in [3.05, 3.63) is 18.2 Å². The molecule has 1 unspecified atom stereocenters. The zero-order chi connectivity index (χ0) is 12.5. The summed E-state index contributed by atoms with van der Waals surface area (Å²) in [4.78, 5) is 6.98. The Morgan fingerprint density at radius 2 is 2.18 bits per heavy atom. The fraction of sp³-hybridized carbons (Fsp3) is 0.786. The van der Waals surface area contributed by atoms with E-state index in [0.717, 1.165) is 12.5 Å². The Morgan fingerprint density at radius 3 is 2.76 bits per heavy atom. The summed E-state index contributed by atoms with van der Waals surface area (Å²) in [7, 11) is 2.08. The van der Waals surface area contributed by atoms with Gasteiger partial charge in [0.25, 0.3) is 0 Å². The molecular formula is C14H25N3. The average molecular weight is 235 g/mol. The van der Waals surface area contributed by atoms with Gasteiger partial charge >= 0.3 is 0 Å². The minimum atomic E-state index is 0.431. The van der Waals surface area contributed by atoms with Crippen molar-refractivity contribution in [3.63, 3.8) is 0 Å². The Bertz CT molecular complexity index is 362. The van der Waals surface area contributed by atoms with Crippen LogP contribution in [0.2, 0.25) is 0 Å². The van der Waals surface area contributed by atoms with Crippen molar-refractivity contribution in [2.45, 2.75) is 40.2 Å². The zero-order valence-electron chi connectivity index (χ0n) is 11.6. The van der Waals surface area contributed by atoms with Crippen LogP contribution in [0, 0.1) is 11.3 Å². The number of rotatable bonds is 2. The van der Waals surface area contributed by atoms with Gasteiger partial charge in [-0.25, -0.2) is 4.98 Å². The van der Waals surface area contributed by atoms with E-state index in [-0.39, 0.29) is 0 Å².